The lowest BCUT2D eigenvalue weighted by Gasteiger charge is -2.12. The van der Waals surface area contributed by atoms with Crippen LogP contribution in [0.25, 0.3) is 0 Å². The zero-order chi connectivity index (χ0) is 14.2. The van der Waals surface area contributed by atoms with Crippen LogP contribution in [0.2, 0.25) is 0 Å². The van der Waals surface area contributed by atoms with E-state index in [0.717, 1.165) is 24.2 Å². The Labute approximate surface area is 119 Å². The molecule has 1 fully saturated rings. The monoisotopic (exact) mass is 315 g/mol. The number of sulfonamides is 1. The first kappa shape index (κ1) is 13.5. The van der Waals surface area contributed by atoms with E-state index < -0.39 is 10.0 Å². The molecule has 1 aliphatic heterocycles. The third kappa shape index (κ3) is 2.43. The molecule has 0 spiro atoms. The molecule has 0 saturated carbocycles. The average Bonchev–Trinajstić information content (AvgIpc) is 3.13. The van der Waals surface area contributed by atoms with Gasteiger partial charge in [-0.15, -0.1) is 0 Å². The summed E-state index contributed by atoms with van der Waals surface area (Å²) in [5.41, 5.74) is 1.44. The summed E-state index contributed by atoms with van der Waals surface area (Å²) in [4.78, 5) is 11.2. The molecule has 0 bridgehead atoms. The maximum atomic E-state index is 12.3. The molecule has 0 amide bonds. The standard InChI is InChI=1S/C11H13N3O4S2/c15-11-14(12-8-19-11)7-9-3-4-10(18-9)20(16,17)13-5-1-2-6-13/h3-4,8H,1-2,5-7H2. The van der Waals surface area contributed by atoms with Crippen molar-refractivity contribution in [2.45, 2.75) is 24.5 Å². The molecule has 108 valence electrons. The fourth-order valence-electron chi connectivity index (χ4n) is 2.12. The van der Waals surface area contributed by atoms with Crippen molar-refractivity contribution >= 4 is 21.4 Å². The van der Waals surface area contributed by atoms with Gasteiger partial charge < -0.3 is 4.42 Å². The van der Waals surface area contributed by atoms with Crippen LogP contribution in [0, 0.1) is 0 Å². The number of hydrogen-bond donors (Lipinski definition) is 0. The van der Waals surface area contributed by atoms with Gasteiger partial charge in [-0.25, -0.2) is 13.1 Å². The molecule has 2 aromatic rings. The molecule has 0 radical (unpaired) electrons. The van der Waals surface area contributed by atoms with Crippen LogP contribution in [0.1, 0.15) is 18.6 Å². The highest BCUT2D eigenvalue weighted by atomic mass is 32.2. The van der Waals surface area contributed by atoms with Gasteiger partial charge in [0, 0.05) is 13.1 Å². The van der Waals surface area contributed by atoms with E-state index in [9.17, 15) is 13.2 Å². The lowest BCUT2D eigenvalue weighted by atomic mass is 10.4. The fraction of sp³-hybridized carbons (Fsp3) is 0.455. The Morgan fingerprint density at radius 1 is 1.30 bits per heavy atom. The molecule has 1 saturated heterocycles. The molecule has 1 aliphatic rings. The van der Waals surface area contributed by atoms with Crippen molar-refractivity contribution in [1.82, 2.24) is 14.1 Å². The predicted octanol–water partition coefficient (Wildman–Crippen LogP) is 0.731. The Balaban J connectivity index is 1.83. The average molecular weight is 315 g/mol. The topological polar surface area (TPSA) is 85.4 Å². The smallest absolute Gasteiger partial charge is 0.325 e. The second-order valence-electron chi connectivity index (χ2n) is 4.49. The highest BCUT2D eigenvalue weighted by molar-refractivity contribution is 7.89. The van der Waals surface area contributed by atoms with Crippen LogP contribution < -0.4 is 4.87 Å². The van der Waals surface area contributed by atoms with E-state index in [2.05, 4.69) is 5.10 Å². The molecule has 7 nitrogen and oxygen atoms in total. The zero-order valence-corrected chi connectivity index (χ0v) is 12.2. The zero-order valence-electron chi connectivity index (χ0n) is 10.6. The Hall–Kier alpha value is -1.45. The molecule has 0 N–H and O–H groups in total. The SMILES string of the molecule is O=c1scnn1Cc1ccc(S(=O)(=O)N2CCCC2)o1. The van der Waals surface area contributed by atoms with Gasteiger partial charge in [0.05, 0.1) is 0 Å². The molecular weight excluding hydrogens is 302 g/mol. The van der Waals surface area contributed by atoms with Crippen LogP contribution in [-0.2, 0) is 16.6 Å². The van der Waals surface area contributed by atoms with E-state index >= 15 is 0 Å². The molecule has 3 rings (SSSR count). The lowest BCUT2D eigenvalue weighted by Crippen LogP contribution is -2.27. The normalized spacial score (nSPS) is 16.8. The Morgan fingerprint density at radius 2 is 2.05 bits per heavy atom. The van der Waals surface area contributed by atoms with Crippen LogP contribution in [0.15, 0.2) is 31.9 Å². The number of aromatic nitrogens is 2. The van der Waals surface area contributed by atoms with Crippen molar-refractivity contribution < 1.29 is 12.8 Å². The van der Waals surface area contributed by atoms with E-state index in [-0.39, 0.29) is 16.5 Å². The maximum Gasteiger partial charge on any atom is 0.325 e. The Morgan fingerprint density at radius 3 is 2.70 bits per heavy atom. The first-order valence-corrected chi connectivity index (χ1v) is 8.49. The second-order valence-corrected chi connectivity index (χ2v) is 7.16. The third-order valence-corrected chi connectivity index (χ3v) is 5.54. The van der Waals surface area contributed by atoms with Crippen LogP contribution in [-0.4, -0.2) is 35.6 Å². The minimum Gasteiger partial charge on any atom is -0.446 e. The van der Waals surface area contributed by atoms with Crippen molar-refractivity contribution in [2.75, 3.05) is 13.1 Å². The second kappa shape index (κ2) is 5.15. The number of nitrogens with zero attached hydrogens (tertiary/aromatic N) is 3. The number of hydrogen-bond acceptors (Lipinski definition) is 6. The van der Waals surface area contributed by atoms with E-state index in [0.29, 0.717) is 18.8 Å². The molecule has 2 aromatic heterocycles. The van der Waals surface area contributed by atoms with Crippen molar-refractivity contribution in [3.8, 4) is 0 Å². The molecular formula is C11H13N3O4S2. The van der Waals surface area contributed by atoms with Crippen molar-refractivity contribution in [3.63, 3.8) is 0 Å². The quantitative estimate of drug-likeness (QED) is 0.830. The van der Waals surface area contributed by atoms with Gasteiger partial charge in [0.1, 0.15) is 17.8 Å². The largest absolute Gasteiger partial charge is 0.446 e. The fourth-order valence-corrected chi connectivity index (χ4v) is 4.05. The van der Waals surface area contributed by atoms with Crippen molar-refractivity contribution in [1.29, 1.82) is 0 Å². The molecule has 9 heteroatoms. The molecule has 0 atom stereocenters. The van der Waals surface area contributed by atoms with Crippen molar-refractivity contribution in [2.24, 2.45) is 0 Å². The van der Waals surface area contributed by atoms with Crippen LogP contribution >= 0.6 is 11.3 Å². The molecule has 0 unspecified atom stereocenters. The van der Waals surface area contributed by atoms with Gasteiger partial charge >= 0.3 is 4.87 Å². The summed E-state index contributed by atoms with van der Waals surface area (Å²) in [5.74, 6) is 0.399. The van der Waals surface area contributed by atoms with Gasteiger partial charge in [-0.3, -0.25) is 4.79 Å². The van der Waals surface area contributed by atoms with Gasteiger partial charge in [0.25, 0.3) is 10.0 Å². The van der Waals surface area contributed by atoms with Crippen LogP contribution in [0.4, 0.5) is 0 Å². The van der Waals surface area contributed by atoms with Crippen molar-refractivity contribution in [3.05, 3.63) is 33.1 Å². The summed E-state index contributed by atoms with van der Waals surface area (Å²) in [7, 11) is -3.55. The third-order valence-electron chi connectivity index (χ3n) is 3.15. The van der Waals surface area contributed by atoms with Crippen LogP contribution in [0.3, 0.4) is 0 Å². The predicted molar refractivity (Wildman–Crippen MR) is 72.2 cm³/mol. The maximum absolute atomic E-state index is 12.3. The summed E-state index contributed by atoms with van der Waals surface area (Å²) in [6.07, 6.45) is 1.75. The summed E-state index contributed by atoms with van der Waals surface area (Å²) in [6, 6.07) is 3.00. The van der Waals surface area contributed by atoms with Gasteiger partial charge in [0.2, 0.25) is 5.09 Å². The Kier molecular flexibility index (Phi) is 3.48. The molecule has 3 heterocycles. The molecule has 0 aromatic carbocycles. The van der Waals surface area contributed by atoms with E-state index in [1.54, 1.807) is 6.07 Å². The Bertz CT molecular complexity index is 752. The number of furan rings is 1. The summed E-state index contributed by atoms with van der Waals surface area (Å²) >= 11 is 0.985. The summed E-state index contributed by atoms with van der Waals surface area (Å²) < 4.78 is 32.6. The summed E-state index contributed by atoms with van der Waals surface area (Å²) in [6.45, 7) is 1.20. The minimum absolute atomic E-state index is 0.0716. The van der Waals surface area contributed by atoms with E-state index in [4.69, 9.17) is 4.42 Å². The number of rotatable bonds is 4. The highest BCUT2D eigenvalue weighted by Gasteiger charge is 2.29. The van der Waals surface area contributed by atoms with Gasteiger partial charge in [-0.2, -0.15) is 9.40 Å². The first-order chi connectivity index (χ1) is 9.57. The van der Waals surface area contributed by atoms with E-state index in [1.165, 1.54) is 20.6 Å². The van der Waals surface area contributed by atoms with Gasteiger partial charge in [-0.1, -0.05) is 11.3 Å². The molecule has 20 heavy (non-hydrogen) atoms. The summed E-state index contributed by atoms with van der Waals surface area (Å²) in [5, 5.41) is 3.79. The van der Waals surface area contributed by atoms with Crippen LogP contribution in [0.5, 0.6) is 0 Å². The first-order valence-electron chi connectivity index (χ1n) is 6.17. The highest BCUT2D eigenvalue weighted by Crippen LogP contribution is 2.22. The van der Waals surface area contributed by atoms with E-state index in [1.807, 2.05) is 0 Å². The van der Waals surface area contributed by atoms with Gasteiger partial charge in [-0.05, 0) is 25.0 Å². The lowest BCUT2D eigenvalue weighted by molar-refractivity contribution is 0.379. The minimum atomic E-state index is -3.55. The van der Waals surface area contributed by atoms with Gasteiger partial charge in [0.15, 0.2) is 0 Å². The molecule has 0 aliphatic carbocycles.